The average Bonchev–Trinajstić information content (AvgIpc) is 2.58. The number of carboxylic acid groups (broad SMARTS) is 2. The van der Waals surface area contributed by atoms with Crippen molar-refractivity contribution in [3.63, 3.8) is 0 Å². The van der Waals surface area contributed by atoms with Crippen LogP contribution in [0.15, 0.2) is 24.3 Å². The van der Waals surface area contributed by atoms with Gasteiger partial charge in [-0.1, -0.05) is 76.1 Å². The first-order chi connectivity index (χ1) is 12.1. The fraction of sp³-hybridized carbons (Fsp3) is 0.600. The van der Waals surface area contributed by atoms with Crippen molar-refractivity contribution in [3.8, 4) is 0 Å². The second-order valence-corrected chi connectivity index (χ2v) is 7.44. The molecule has 4 nitrogen and oxygen atoms in total. The van der Waals surface area contributed by atoms with Gasteiger partial charge in [0.05, 0.1) is 5.75 Å². The topological polar surface area (TPSA) is 74.6 Å². The van der Waals surface area contributed by atoms with Crippen molar-refractivity contribution in [2.24, 2.45) is 0 Å². The largest absolute Gasteiger partial charge is 0.481 e. The second kappa shape index (κ2) is 12.8. The molecular weight excluding hydrogens is 336 g/mol. The SMILES string of the molecule is CCCCCCCCCCc1ccccc1C(SCC(=O)O)C(=O)O. The molecule has 1 aromatic rings. The molecule has 0 fully saturated rings. The van der Waals surface area contributed by atoms with Gasteiger partial charge in [0.2, 0.25) is 0 Å². The first kappa shape index (κ1) is 21.6. The molecule has 0 heterocycles. The molecule has 1 rings (SSSR count). The van der Waals surface area contributed by atoms with E-state index in [1.807, 2.05) is 24.3 Å². The molecule has 0 aromatic heterocycles. The van der Waals surface area contributed by atoms with Crippen molar-refractivity contribution < 1.29 is 19.8 Å². The van der Waals surface area contributed by atoms with E-state index in [0.717, 1.165) is 42.2 Å². The van der Waals surface area contributed by atoms with E-state index in [4.69, 9.17) is 5.11 Å². The molecule has 0 aliphatic rings. The van der Waals surface area contributed by atoms with Crippen LogP contribution in [0.4, 0.5) is 0 Å². The molecule has 25 heavy (non-hydrogen) atoms. The quantitative estimate of drug-likeness (QED) is 0.436. The molecule has 5 heteroatoms. The zero-order valence-corrected chi connectivity index (χ0v) is 15.9. The summed E-state index contributed by atoms with van der Waals surface area (Å²) in [6.45, 7) is 2.22. The normalized spacial score (nSPS) is 12.0. The fourth-order valence-corrected chi connectivity index (χ4v) is 3.78. The lowest BCUT2D eigenvalue weighted by Gasteiger charge is -2.16. The van der Waals surface area contributed by atoms with E-state index >= 15 is 0 Å². The molecule has 140 valence electrons. The predicted octanol–water partition coefficient (Wildman–Crippen LogP) is 5.31. The van der Waals surface area contributed by atoms with Gasteiger partial charge < -0.3 is 10.2 Å². The highest BCUT2D eigenvalue weighted by Crippen LogP contribution is 2.32. The lowest BCUT2D eigenvalue weighted by atomic mass is 9.98. The molecule has 0 aliphatic heterocycles. The summed E-state index contributed by atoms with van der Waals surface area (Å²) in [4.78, 5) is 22.3. The summed E-state index contributed by atoms with van der Waals surface area (Å²) in [7, 11) is 0. The molecule has 1 aromatic carbocycles. The van der Waals surface area contributed by atoms with Crippen molar-refractivity contribution in [2.75, 3.05) is 5.75 Å². The Labute approximate surface area is 155 Å². The van der Waals surface area contributed by atoms with E-state index in [9.17, 15) is 14.7 Å². The van der Waals surface area contributed by atoms with Crippen LogP contribution < -0.4 is 0 Å². The van der Waals surface area contributed by atoms with Crippen molar-refractivity contribution >= 4 is 23.7 Å². The van der Waals surface area contributed by atoms with Crippen LogP contribution in [0, 0.1) is 0 Å². The van der Waals surface area contributed by atoms with Crippen molar-refractivity contribution in [1.82, 2.24) is 0 Å². The Morgan fingerprint density at radius 3 is 2.16 bits per heavy atom. The lowest BCUT2D eigenvalue weighted by Crippen LogP contribution is -2.13. The summed E-state index contributed by atoms with van der Waals surface area (Å²) in [5.74, 6) is -2.17. The van der Waals surface area contributed by atoms with E-state index in [1.54, 1.807) is 0 Å². The minimum atomic E-state index is -0.989. The molecule has 0 aliphatic carbocycles. The number of thioether (sulfide) groups is 1. The van der Waals surface area contributed by atoms with Crippen molar-refractivity contribution in [1.29, 1.82) is 0 Å². The zero-order valence-electron chi connectivity index (χ0n) is 15.1. The smallest absolute Gasteiger partial charge is 0.321 e. The van der Waals surface area contributed by atoms with Crippen LogP contribution in [0.5, 0.6) is 0 Å². The van der Waals surface area contributed by atoms with E-state index < -0.39 is 17.2 Å². The number of carboxylic acids is 2. The highest BCUT2D eigenvalue weighted by atomic mass is 32.2. The minimum absolute atomic E-state index is 0.205. The van der Waals surface area contributed by atoms with Gasteiger partial charge in [0, 0.05) is 0 Å². The number of hydrogen-bond donors (Lipinski definition) is 2. The maximum Gasteiger partial charge on any atom is 0.321 e. The molecule has 2 N–H and O–H groups in total. The summed E-state index contributed by atoms with van der Waals surface area (Å²) < 4.78 is 0. The van der Waals surface area contributed by atoms with Crippen LogP contribution >= 0.6 is 11.8 Å². The first-order valence-corrected chi connectivity index (χ1v) is 10.2. The summed E-state index contributed by atoms with van der Waals surface area (Å²) in [6.07, 6.45) is 10.7. The Morgan fingerprint density at radius 1 is 0.960 bits per heavy atom. The number of hydrogen-bond acceptors (Lipinski definition) is 3. The number of aliphatic carboxylic acids is 2. The van der Waals surface area contributed by atoms with Crippen LogP contribution in [0.2, 0.25) is 0 Å². The Hall–Kier alpha value is -1.49. The lowest BCUT2D eigenvalue weighted by molar-refractivity contribution is -0.136. The van der Waals surface area contributed by atoms with E-state index in [2.05, 4.69) is 6.92 Å². The molecule has 0 radical (unpaired) electrons. The van der Waals surface area contributed by atoms with Gasteiger partial charge in [0.15, 0.2) is 0 Å². The highest BCUT2D eigenvalue weighted by molar-refractivity contribution is 8.00. The number of benzene rings is 1. The summed E-state index contributed by atoms with van der Waals surface area (Å²) in [6, 6.07) is 7.52. The van der Waals surface area contributed by atoms with E-state index in [0.29, 0.717) is 0 Å². The minimum Gasteiger partial charge on any atom is -0.481 e. The maximum absolute atomic E-state index is 11.6. The van der Waals surface area contributed by atoms with Crippen LogP contribution in [0.1, 0.15) is 74.7 Å². The summed E-state index contributed by atoms with van der Waals surface area (Å²) in [5, 5.41) is 17.5. The van der Waals surface area contributed by atoms with Gasteiger partial charge in [-0.2, -0.15) is 0 Å². The molecular formula is C20H30O4S. The standard InChI is InChI=1S/C20H30O4S/c1-2-3-4-5-6-7-8-9-12-16-13-10-11-14-17(16)19(20(23)24)25-15-18(21)22/h10-11,13-14,19H,2-9,12,15H2,1H3,(H,21,22)(H,23,24). The van der Waals surface area contributed by atoms with Crippen molar-refractivity contribution in [3.05, 3.63) is 35.4 Å². The number of unbranched alkanes of at least 4 members (excludes halogenated alkanes) is 7. The Bertz CT molecular complexity index is 530. The third kappa shape index (κ3) is 8.96. The third-order valence-corrected chi connectivity index (χ3v) is 5.44. The van der Waals surface area contributed by atoms with Gasteiger partial charge in [-0.15, -0.1) is 11.8 Å². The second-order valence-electron chi connectivity index (χ2n) is 6.35. The van der Waals surface area contributed by atoms with Gasteiger partial charge in [-0.25, -0.2) is 0 Å². The Morgan fingerprint density at radius 2 is 1.56 bits per heavy atom. The first-order valence-electron chi connectivity index (χ1n) is 9.20. The zero-order chi connectivity index (χ0) is 18.5. The number of carbonyl (C=O) groups is 2. The molecule has 0 amide bonds. The number of aryl methyl sites for hydroxylation is 1. The van der Waals surface area contributed by atoms with Gasteiger partial charge in [0.1, 0.15) is 5.25 Å². The third-order valence-electron chi connectivity index (χ3n) is 4.23. The van der Waals surface area contributed by atoms with E-state index in [1.165, 1.54) is 38.5 Å². The van der Waals surface area contributed by atoms with Crippen LogP contribution in [-0.4, -0.2) is 27.9 Å². The molecule has 0 saturated carbocycles. The van der Waals surface area contributed by atoms with Gasteiger partial charge >= 0.3 is 11.9 Å². The average molecular weight is 367 g/mol. The number of rotatable bonds is 14. The maximum atomic E-state index is 11.6. The molecule has 0 bridgehead atoms. The van der Waals surface area contributed by atoms with Crippen LogP contribution in [0.25, 0.3) is 0 Å². The fourth-order valence-electron chi connectivity index (χ4n) is 2.92. The molecule has 1 unspecified atom stereocenters. The Kier molecular flexibility index (Phi) is 11.0. The van der Waals surface area contributed by atoms with Gasteiger partial charge in [-0.3, -0.25) is 9.59 Å². The molecule has 0 saturated heterocycles. The summed E-state index contributed by atoms with van der Waals surface area (Å²) >= 11 is 0.961. The summed E-state index contributed by atoms with van der Waals surface area (Å²) in [5.41, 5.74) is 1.77. The van der Waals surface area contributed by atoms with Gasteiger partial charge in [0.25, 0.3) is 0 Å². The Balaban J connectivity index is 2.51. The molecule has 1 atom stereocenters. The highest BCUT2D eigenvalue weighted by Gasteiger charge is 2.23. The molecule has 0 spiro atoms. The van der Waals surface area contributed by atoms with E-state index in [-0.39, 0.29) is 5.75 Å². The van der Waals surface area contributed by atoms with Crippen LogP contribution in [0.3, 0.4) is 0 Å². The van der Waals surface area contributed by atoms with Crippen molar-refractivity contribution in [2.45, 2.75) is 70.0 Å². The monoisotopic (exact) mass is 366 g/mol. The predicted molar refractivity (Wildman–Crippen MR) is 103 cm³/mol. The van der Waals surface area contributed by atoms with Crippen LogP contribution in [-0.2, 0) is 16.0 Å². The van der Waals surface area contributed by atoms with Gasteiger partial charge in [-0.05, 0) is 24.0 Å².